The highest BCUT2D eigenvalue weighted by molar-refractivity contribution is 5.96. The number of aryl methyl sites for hydroxylation is 1. The third kappa shape index (κ3) is 4.28. The van der Waals surface area contributed by atoms with Crippen molar-refractivity contribution in [2.24, 2.45) is 5.92 Å². The average Bonchev–Trinajstić information content (AvgIpc) is 3.51. The molecule has 0 amide bonds. The van der Waals surface area contributed by atoms with E-state index in [1.165, 1.54) is 12.1 Å². The molecule has 0 unspecified atom stereocenters. The molecule has 6 rings (SSSR count). The zero-order chi connectivity index (χ0) is 26.4. The minimum Gasteiger partial charge on any atom is -0.358 e. The second kappa shape index (κ2) is 9.19. The molecular formula is C29H25FN8. The van der Waals surface area contributed by atoms with Crippen molar-refractivity contribution in [1.29, 1.82) is 0 Å². The molecule has 0 saturated heterocycles. The van der Waals surface area contributed by atoms with Gasteiger partial charge >= 0.3 is 0 Å². The maximum absolute atomic E-state index is 14.1. The van der Waals surface area contributed by atoms with Crippen LogP contribution in [-0.2, 0) is 0 Å². The van der Waals surface area contributed by atoms with E-state index in [0.717, 1.165) is 50.2 Å². The van der Waals surface area contributed by atoms with Gasteiger partial charge in [-0.1, -0.05) is 26.5 Å². The van der Waals surface area contributed by atoms with E-state index >= 15 is 0 Å². The number of halogens is 1. The van der Waals surface area contributed by atoms with Crippen LogP contribution < -0.4 is 5.32 Å². The first-order valence-electron chi connectivity index (χ1n) is 12.2. The second-order valence-corrected chi connectivity index (χ2v) is 9.61. The Bertz CT molecular complexity index is 1810. The van der Waals surface area contributed by atoms with Crippen LogP contribution in [0.4, 0.5) is 10.1 Å². The van der Waals surface area contributed by atoms with E-state index in [4.69, 9.17) is 4.98 Å². The quantitative estimate of drug-likeness (QED) is 0.234. The minimum absolute atomic E-state index is 0.287. The Kier molecular flexibility index (Phi) is 5.68. The number of anilines is 1. The van der Waals surface area contributed by atoms with Gasteiger partial charge in [0.2, 0.25) is 0 Å². The molecule has 0 saturated carbocycles. The number of aromatic nitrogens is 7. The summed E-state index contributed by atoms with van der Waals surface area (Å²) in [5, 5.41) is 11.7. The molecule has 0 atom stereocenters. The van der Waals surface area contributed by atoms with Crippen LogP contribution in [0.5, 0.6) is 0 Å². The summed E-state index contributed by atoms with van der Waals surface area (Å²) in [7, 11) is 0. The number of hydrogen-bond acceptors (Lipinski definition) is 6. The summed E-state index contributed by atoms with van der Waals surface area (Å²) in [6.45, 7) is 10.1. The smallest absolute Gasteiger partial charge is 0.178 e. The van der Waals surface area contributed by atoms with Crippen molar-refractivity contribution in [3.8, 4) is 33.9 Å². The number of fused-ring (bicyclic) bond motifs is 2. The standard InChI is InChI=1S/C29H25FN8/c1-15(2)17(4)34-21-10-19(12-31-13-21)24-11-23-25(14-33-24)37-38-27(23)29-35-26-22(5-6-32-28(26)36-29)18-7-16(3)8-20(30)9-18/h5-15,34H,4H2,1-3H3,(H,37,38)(H,32,35,36). The Morgan fingerprint density at radius 1 is 1.03 bits per heavy atom. The van der Waals surface area contributed by atoms with Gasteiger partial charge in [-0.3, -0.25) is 15.1 Å². The van der Waals surface area contributed by atoms with Gasteiger partial charge in [0.1, 0.15) is 11.5 Å². The zero-order valence-electron chi connectivity index (χ0n) is 21.2. The van der Waals surface area contributed by atoms with Crippen LogP contribution in [0.1, 0.15) is 19.4 Å². The van der Waals surface area contributed by atoms with E-state index < -0.39 is 0 Å². The predicted molar refractivity (Wildman–Crippen MR) is 148 cm³/mol. The molecule has 9 heteroatoms. The summed E-state index contributed by atoms with van der Waals surface area (Å²) in [5.41, 5.74) is 8.42. The Hall–Kier alpha value is -4.92. The summed E-state index contributed by atoms with van der Waals surface area (Å²) >= 11 is 0. The van der Waals surface area contributed by atoms with Gasteiger partial charge in [-0.15, -0.1) is 0 Å². The number of hydrogen-bond donors (Lipinski definition) is 3. The number of nitrogens with zero attached hydrogens (tertiary/aromatic N) is 5. The first kappa shape index (κ1) is 23.5. The van der Waals surface area contributed by atoms with Crippen LogP contribution in [0, 0.1) is 18.7 Å². The van der Waals surface area contributed by atoms with Crippen molar-refractivity contribution < 1.29 is 4.39 Å². The second-order valence-electron chi connectivity index (χ2n) is 9.61. The lowest BCUT2D eigenvalue weighted by molar-refractivity contribution is 0.627. The van der Waals surface area contributed by atoms with Crippen LogP contribution in [-0.4, -0.2) is 35.1 Å². The van der Waals surface area contributed by atoms with Crippen LogP contribution in [0.3, 0.4) is 0 Å². The molecule has 0 aliphatic carbocycles. The van der Waals surface area contributed by atoms with Crippen LogP contribution in [0.25, 0.3) is 56.0 Å². The third-order valence-electron chi connectivity index (χ3n) is 6.45. The fourth-order valence-electron chi connectivity index (χ4n) is 4.39. The Morgan fingerprint density at radius 3 is 2.71 bits per heavy atom. The molecular weight excluding hydrogens is 479 g/mol. The Balaban J connectivity index is 1.42. The van der Waals surface area contributed by atoms with Crippen LogP contribution in [0.15, 0.2) is 73.5 Å². The van der Waals surface area contributed by atoms with E-state index in [0.29, 0.717) is 28.6 Å². The topological polar surface area (TPSA) is 108 Å². The maximum Gasteiger partial charge on any atom is 0.178 e. The SMILES string of the molecule is C=C(Nc1cncc(-c2cc3c(-c4nc5nccc(-c6cc(C)cc(F)c6)c5[nH]4)n[nH]c3cn2)c1)C(C)C. The first-order chi connectivity index (χ1) is 18.4. The van der Waals surface area contributed by atoms with Crippen molar-refractivity contribution in [1.82, 2.24) is 35.1 Å². The van der Waals surface area contributed by atoms with Gasteiger partial charge in [-0.2, -0.15) is 5.10 Å². The number of benzene rings is 1. The molecule has 3 N–H and O–H groups in total. The summed E-state index contributed by atoms with van der Waals surface area (Å²) in [5.74, 6) is 0.564. The van der Waals surface area contributed by atoms with Gasteiger partial charge in [0.05, 0.1) is 34.8 Å². The predicted octanol–water partition coefficient (Wildman–Crippen LogP) is 6.65. The summed E-state index contributed by atoms with van der Waals surface area (Å²) in [6.07, 6.45) is 6.96. The third-order valence-corrected chi connectivity index (χ3v) is 6.45. The van der Waals surface area contributed by atoms with Crippen molar-refractivity contribution in [3.05, 3.63) is 84.8 Å². The lowest BCUT2D eigenvalue weighted by atomic mass is 10.0. The fraction of sp³-hybridized carbons (Fsp3) is 0.138. The maximum atomic E-state index is 14.1. The number of pyridine rings is 3. The lowest BCUT2D eigenvalue weighted by Gasteiger charge is -2.13. The number of imidazole rings is 1. The number of nitrogens with one attached hydrogen (secondary N) is 3. The number of H-pyrrole nitrogens is 2. The number of rotatable bonds is 6. The van der Waals surface area contributed by atoms with Crippen molar-refractivity contribution in [3.63, 3.8) is 0 Å². The van der Waals surface area contributed by atoms with E-state index in [2.05, 4.69) is 55.9 Å². The molecule has 5 heterocycles. The number of aromatic amines is 2. The highest BCUT2D eigenvalue weighted by Crippen LogP contribution is 2.32. The van der Waals surface area contributed by atoms with E-state index in [-0.39, 0.29) is 5.82 Å². The van der Waals surface area contributed by atoms with Gasteiger partial charge in [-0.25, -0.2) is 14.4 Å². The Morgan fingerprint density at radius 2 is 1.89 bits per heavy atom. The fourth-order valence-corrected chi connectivity index (χ4v) is 4.39. The molecule has 188 valence electrons. The van der Waals surface area contributed by atoms with Gasteiger partial charge in [0, 0.05) is 34.6 Å². The summed E-state index contributed by atoms with van der Waals surface area (Å²) in [4.78, 5) is 21.5. The lowest BCUT2D eigenvalue weighted by Crippen LogP contribution is -2.04. The molecule has 0 aliphatic heterocycles. The van der Waals surface area contributed by atoms with Crippen molar-refractivity contribution in [2.45, 2.75) is 20.8 Å². The van der Waals surface area contributed by atoms with Gasteiger partial charge in [0.15, 0.2) is 11.5 Å². The monoisotopic (exact) mass is 504 g/mol. The number of allylic oxidation sites excluding steroid dienone is 1. The molecule has 1 aromatic carbocycles. The Labute approximate surface area is 218 Å². The first-order valence-corrected chi connectivity index (χ1v) is 12.2. The van der Waals surface area contributed by atoms with E-state index in [1.54, 1.807) is 24.8 Å². The van der Waals surface area contributed by atoms with E-state index in [9.17, 15) is 4.39 Å². The van der Waals surface area contributed by atoms with Crippen LogP contribution >= 0.6 is 0 Å². The molecule has 0 bridgehead atoms. The molecule has 0 spiro atoms. The summed E-state index contributed by atoms with van der Waals surface area (Å²) in [6, 6.07) is 10.8. The molecule has 5 aromatic heterocycles. The zero-order valence-corrected chi connectivity index (χ0v) is 21.2. The van der Waals surface area contributed by atoms with Crippen molar-refractivity contribution in [2.75, 3.05) is 5.32 Å². The van der Waals surface area contributed by atoms with Gasteiger partial charge < -0.3 is 10.3 Å². The molecule has 8 nitrogen and oxygen atoms in total. The minimum atomic E-state index is -0.287. The molecule has 38 heavy (non-hydrogen) atoms. The van der Waals surface area contributed by atoms with Gasteiger partial charge in [0.25, 0.3) is 0 Å². The van der Waals surface area contributed by atoms with E-state index in [1.807, 2.05) is 31.2 Å². The largest absolute Gasteiger partial charge is 0.358 e. The molecule has 0 aliphatic rings. The molecule has 0 fully saturated rings. The highest BCUT2D eigenvalue weighted by atomic mass is 19.1. The molecule has 6 aromatic rings. The molecule has 0 radical (unpaired) electrons. The highest BCUT2D eigenvalue weighted by Gasteiger charge is 2.17. The summed E-state index contributed by atoms with van der Waals surface area (Å²) < 4.78 is 14.1. The van der Waals surface area contributed by atoms with Crippen molar-refractivity contribution >= 4 is 27.8 Å². The van der Waals surface area contributed by atoms with Gasteiger partial charge in [-0.05, 0) is 54.3 Å². The average molecular weight is 505 g/mol. The van der Waals surface area contributed by atoms with Crippen LogP contribution in [0.2, 0.25) is 0 Å². The normalized spacial score (nSPS) is 11.5.